The molecule has 5 aromatic rings. The van der Waals surface area contributed by atoms with Gasteiger partial charge in [-0.2, -0.15) is 5.10 Å². The Bertz CT molecular complexity index is 1380. The number of nitrogens with zero attached hydrogens (tertiary/aromatic N) is 6. The van der Waals surface area contributed by atoms with Crippen LogP contribution in [0.25, 0.3) is 17.0 Å². The first-order valence-electron chi connectivity index (χ1n) is 10.0. The molecule has 154 valence electrons. The quantitative estimate of drug-likeness (QED) is 0.483. The molecule has 1 N–H and O–H groups in total. The number of hydrogen-bond acceptors (Lipinski definition) is 6. The summed E-state index contributed by atoms with van der Waals surface area (Å²) in [6, 6.07) is 14.2. The van der Waals surface area contributed by atoms with Gasteiger partial charge in [-0.3, -0.25) is 0 Å². The van der Waals surface area contributed by atoms with E-state index < -0.39 is 0 Å². The van der Waals surface area contributed by atoms with Crippen molar-refractivity contribution in [2.75, 3.05) is 11.4 Å². The number of benzene rings is 1. The Balaban J connectivity index is 1.44. The molecular weight excluding hydrogens is 397 g/mol. The highest BCUT2D eigenvalue weighted by atomic mass is 19.1. The molecule has 0 saturated carbocycles. The van der Waals surface area contributed by atoms with E-state index in [0.29, 0.717) is 24.0 Å². The summed E-state index contributed by atoms with van der Waals surface area (Å²) in [6.45, 7) is 2.69. The fourth-order valence-electron chi connectivity index (χ4n) is 4.13. The summed E-state index contributed by atoms with van der Waals surface area (Å²) in [5.74, 6) is 0.0280. The number of fused-ring (bicyclic) bond motifs is 2. The molecule has 1 aliphatic rings. The lowest BCUT2D eigenvalue weighted by molar-refractivity contribution is 0.503. The Labute approximate surface area is 176 Å². The topological polar surface area (TPSA) is 88.1 Å². The molecule has 31 heavy (non-hydrogen) atoms. The SMILES string of the molecule is Cc1cccc2cc([C@@H]3c4nc[nH]c4CCN3c3nnc(-c4ccc(F)cc4)o3)nn12. The minimum atomic E-state index is -0.312. The zero-order valence-corrected chi connectivity index (χ0v) is 16.7. The van der Waals surface area contributed by atoms with Gasteiger partial charge < -0.3 is 14.3 Å². The minimum Gasteiger partial charge on any atom is -0.403 e. The third-order valence-electron chi connectivity index (χ3n) is 5.65. The monoisotopic (exact) mass is 415 g/mol. The van der Waals surface area contributed by atoms with E-state index in [0.717, 1.165) is 34.7 Å². The van der Waals surface area contributed by atoms with Gasteiger partial charge in [-0.15, -0.1) is 5.10 Å². The van der Waals surface area contributed by atoms with E-state index in [2.05, 4.69) is 26.2 Å². The van der Waals surface area contributed by atoms with Crippen LogP contribution in [-0.4, -0.2) is 36.3 Å². The molecule has 6 rings (SSSR count). The molecule has 0 fully saturated rings. The fourth-order valence-corrected chi connectivity index (χ4v) is 4.13. The number of aryl methyl sites for hydroxylation is 1. The Morgan fingerprint density at radius 2 is 2.00 bits per heavy atom. The van der Waals surface area contributed by atoms with Gasteiger partial charge in [0, 0.05) is 29.9 Å². The predicted molar refractivity (Wildman–Crippen MR) is 111 cm³/mol. The van der Waals surface area contributed by atoms with Crippen molar-refractivity contribution in [3.05, 3.63) is 83.5 Å². The molecular formula is C22H18FN7O. The van der Waals surface area contributed by atoms with Gasteiger partial charge in [-0.1, -0.05) is 11.2 Å². The molecule has 9 heteroatoms. The summed E-state index contributed by atoms with van der Waals surface area (Å²) in [7, 11) is 0. The highest BCUT2D eigenvalue weighted by Gasteiger charge is 2.36. The van der Waals surface area contributed by atoms with Gasteiger partial charge >= 0.3 is 6.01 Å². The molecule has 0 saturated heterocycles. The van der Waals surface area contributed by atoms with E-state index in [1.807, 2.05) is 34.5 Å². The van der Waals surface area contributed by atoms with Crippen LogP contribution in [0.1, 0.15) is 28.8 Å². The van der Waals surface area contributed by atoms with Crippen LogP contribution in [0.4, 0.5) is 10.4 Å². The number of aromatic amines is 1. The highest BCUT2D eigenvalue weighted by molar-refractivity contribution is 5.55. The van der Waals surface area contributed by atoms with Crippen molar-refractivity contribution in [3.63, 3.8) is 0 Å². The van der Waals surface area contributed by atoms with Crippen LogP contribution >= 0.6 is 0 Å². The van der Waals surface area contributed by atoms with E-state index in [1.54, 1.807) is 18.5 Å². The summed E-state index contributed by atoms with van der Waals surface area (Å²) in [4.78, 5) is 9.84. The Morgan fingerprint density at radius 1 is 1.13 bits per heavy atom. The molecule has 0 unspecified atom stereocenters. The van der Waals surface area contributed by atoms with E-state index in [9.17, 15) is 4.39 Å². The van der Waals surface area contributed by atoms with E-state index >= 15 is 0 Å². The Hall–Kier alpha value is -4.01. The normalized spacial score (nSPS) is 16.1. The second-order valence-corrected chi connectivity index (χ2v) is 7.58. The number of imidazole rings is 1. The van der Waals surface area contributed by atoms with Crippen molar-refractivity contribution in [1.29, 1.82) is 0 Å². The number of rotatable bonds is 3. The zero-order valence-electron chi connectivity index (χ0n) is 16.7. The van der Waals surface area contributed by atoms with Crippen LogP contribution in [0.5, 0.6) is 0 Å². The largest absolute Gasteiger partial charge is 0.403 e. The first-order chi connectivity index (χ1) is 15.2. The number of H-pyrrole nitrogens is 1. The van der Waals surface area contributed by atoms with Crippen molar-refractivity contribution >= 4 is 11.5 Å². The van der Waals surface area contributed by atoms with Crippen LogP contribution in [-0.2, 0) is 6.42 Å². The molecule has 8 nitrogen and oxygen atoms in total. The van der Waals surface area contributed by atoms with Crippen LogP contribution in [0.15, 0.2) is 59.3 Å². The van der Waals surface area contributed by atoms with Crippen LogP contribution < -0.4 is 4.90 Å². The number of nitrogens with one attached hydrogen (secondary N) is 1. The smallest absolute Gasteiger partial charge is 0.319 e. The second kappa shape index (κ2) is 6.76. The standard InChI is InChI=1S/C22H18FN7O/c1-13-3-2-4-16-11-18(28-30(13)16)20-19-17(24-12-25-19)9-10-29(20)22-27-26-21(31-22)14-5-7-15(23)8-6-14/h2-8,11-12,20H,9-10H2,1H3,(H,24,25)/t20-/m1/s1. The van der Waals surface area contributed by atoms with Crippen molar-refractivity contribution in [1.82, 2.24) is 29.8 Å². The van der Waals surface area contributed by atoms with Crippen molar-refractivity contribution in [3.8, 4) is 11.5 Å². The Kier molecular flexibility index (Phi) is 3.89. The first kappa shape index (κ1) is 17.8. The second-order valence-electron chi connectivity index (χ2n) is 7.58. The number of pyridine rings is 1. The van der Waals surface area contributed by atoms with E-state index in [4.69, 9.17) is 9.52 Å². The third kappa shape index (κ3) is 2.89. The summed E-state index contributed by atoms with van der Waals surface area (Å²) >= 11 is 0. The fraction of sp³-hybridized carbons (Fsp3) is 0.182. The van der Waals surface area contributed by atoms with E-state index in [-0.39, 0.29) is 11.9 Å². The zero-order chi connectivity index (χ0) is 20.9. The molecule has 0 amide bonds. The van der Waals surface area contributed by atoms with Gasteiger partial charge in [0.25, 0.3) is 0 Å². The highest BCUT2D eigenvalue weighted by Crippen LogP contribution is 2.37. The molecule has 0 spiro atoms. The maximum Gasteiger partial charge on any atom is 0.319 e. The molecule has 1 aliphatic heterocycles. The van der Waals surface area contributed by atoms with Crippen molar-refractivity contribution < 1.29 is 8.81 Å². The molecule has 0 bridgehead atoms. The molecule has 1 atom stereocenters. The van der Waals surface area contributed by atoms with Gasteiger partial charge in [-0.25, -0.2) is 13.9 Å². The third-order valence-corrected chi connectivity index (χ3v) is 5.65. The maximum atomic E-state index is 13.3. The van der Waals surface area contributed by atoms with Crippen LogP contribution in [0.2, 0.25) is 0 Å². The van der Waals surface area contributed by atoms with E-state index in [1.165, 1.54) is 12.1 Å². The van der Waals surface area contributed by atoms with Crippen molar-refractivity contribution in [2.45, 2.75) is 19.4 Å². The molecule has 4 aromatic heterocycles. The number of anilines is 1. The molecule has 0 radical (unpaired) electrons. The minimum absolute atomic E-state index is 0.268. The van der Waals surface area contributed by atoms with Gasteiger partial charge in [0.1, 0.15) is 11.9 Å². The van der Waals surface area contributed by atoms with Gasteiger partial charge in [-0.05, 0) is 49.4 Å². The van der Waals surface area contributed by atoms with Gasteiger partial charge in [0.05, 0.1) is 23.2 Å². The van der Waals surface area contributed by atoms with Gasteiger partial charge in [0.15, 0.2) is 0 Å². The summed E-state index contributed by atoms with van der Waals surface area (Å²) < 4.78 is 21.2. The van der Waals surface area contributed by atoms with Crippen molar-refractivity contribution in [2.24, 2.45) is 0 Å². The lowest BCUT2D eigenvalue weighted by Gasteiger charge is -2.32. The van der Waals surface area contributed by atoms with Gasteiger partial charge in [0.2, 0.25) is 5.89 Å². The summed E-state index contributed by atoms with van der Waals surface area (Å²) in [5, 5.41) is 13.3. The number of hydrogen-bond donors (Lipinski definition) is 1. The average Bonchev–Trinajstić information content (AvgIpc) is 3.52. The summed E-state index contributed by atoms with van der Waals surface area (Å²) in [5.41, 5.74) is 5.54. The first-order valence-corrected chi connectivity index (χ1v) is 10.0. The summed E-state index contributed by atoms with van der Waals surface area (Å²) in [6.07, 6.45) is 2.48. The number of aromatic nitrogens is 6. The molecule has 1 aromatic carbocycles. The predicted octanol–water partition coefficient (Wildman–Crippen LogP) is 3.71. The maximum absolute atomic E-state index is 13.3. The lowest BCUT2D eigenvalue weighted by atomic mass is 10.0. The average molecular weight is 415 g/mol. The number of halogens is 1. The Morgan fingerprint density at radius 3 is 2.84 bits per heavy atom. The van der Waals surface area contributed by atoms with Crippen LogP contribution in [0, 0.1) is 12.7 Å². The lowest BCUT2D eigenvalue weighted by Crippen LogP contribution is -2.37. The van der Waals surface area contributed by atoms with Crippen LogP contribution in [0.3, 0.4) is 0 Å². The molecule has 0 aliphatic carbocycles. The molecule has 5 heterocycles.